The van der Waals surface area contributed by atoms with Gasteiger partial charge in [-0.3, -0.25) is 4.72 Å². The molecule has 0 saturated carbocycles. The van der Waals surface area contributed by atoms with Gasteiger partial charge >= 0.3 is 0 Å². The van der Waals surface area contributed by atoms with Crippen LogP contribution in [0.25, 0.3) is 0 Å². The van der Waals surface area contributed by atoms with Crippen LogP contribution in [0.5, 0.6) is 5.75 Å². The van der Waals surface area contributed by atoms with E-state index in [0.717, 1.165) is 18.7 Å². The van der Waals surface area contributed by atoms with Gasteiger partial charge in [0.05, 0.1) is 12.0 Å². The van der Waals surface area contributed by atoms with Crippen molar-refractivity contribution in [3.05, 3.63) is 48.5 Å². The fourth-order valence-electron chi connectivity index (χ4n) is 2.07. The number of hydrogen-bond acceptors (Lipinski definition) is 5. The minimum Gasteiger partial charge on any atom is -0.497 e. The van der Waals surface area contributed by atoms with E-state index in [0.29, 0.717) is 18.0 Å². The minimum atomic E-state index is -3.62. The molecule has 0 aliphatic heterocycles. The lowest BCUT2D eigenvalue weighted by atomic mass is 10.3. The maximum atomic E-state index is 12.3. The van der Waals surface area contributed by atoms with Crippen LogP contribution in [0.2, 0.25) is 0 Å². The lowest BCUT2D eigenvalue weighted by Gasteiger charge is -2.10. The van der Waals surface area contributed by atoms with Gasteiger partial charge in [0.2, 0.25) is 0 Å². The molecule has 0 fully saturated rings. The first kappa shape index (κ1) is 18.1. The molecule has 0 spiro atoms. The molecule has 6 nitrogen and oxygen atoms in total. The zero-order valence-corrected chi connectivity index (χ0v) is 14.6. The SMILES string of the molecule is COCCCNc1ccc(NS(=O)(=O)c2ccc(OC)cc2)cc1. The number of hydrogen-bond donors (Lipinski definition) is 2. The van der Waals surface area contributed by atoms with Crippen molar-refractivity contribution in [3.8, 4) is 5.75 Å². The first-order valence-electron chi connectivity index (χ1n) is 7.55. The van der Waals surface area contributed by atoms with E-state index in [1.165, 1.54) is 19.2 Å². The van der Waals surface area contributed by atoms with Crippen LogP contribution >= 0.6 is 0 Å². The molecule has 0 saturated heterocycles. The molecule has 0 aliphatic carbocycles. The molecule has 7 heteroatoms. The highest BCUT2D eigenvalue weighted by atomic mass is 32.2. The summed E-state index contributed by atoms with van der Waals surface area (Å²) in [7, 11) is -0.413. The fraction of sp³-hybridized carbons (Fsp3) is 0.294. The highest BCUT2D eigenvalue weighted by Crippen LogP contribution is 2.20. The van der Waals surface area contributed by atoms with Gasteiger partial charge in [0.15, 0.2) is 0 Å². The molecule has 2 N–H and O–H groups in total. The lowest BCUT2D eigenvalue weighted by Crippen LogP contribution is -2.13. The quantitative estimate of drug-likeness (QED) is 0.680. The van der Waals surface area contributed by atoms with Crippen LogP contribution in [0, 0.1) is 0 Å². The predicted octanol–water partition coefficient (Wildman–Crippen LogP) is 2.94. The summed E-state index contributed by atoms with van der Waals surface area (Å²) < 4.78 is 37.3. The van der Waals surface area contributed by atoms with Crippen LogP contribution in [0.1, 0.15) is 6.42 Å². The Balaban J connectivity index is 1.98. The number of benzene rings is 2. The number of ether oxygens (including phenoxy) is 2. The Bertz CT molecular complexity index is 728. The Morgan fingerprint density at radius 2 is 1.54 bits per heavy atom. The molecule has 2 rings (SSSR count). The van der Waals surface area contributed by atoms with Gasteiger partial charge < -0.3 is 14.8 Å². The predicted molar refractivity (Wildman–Crippen MR) is 95.2 cm³/mol. The largest absolute Gasteiger partial charge is 0.497 e. The minimum absolute atomic E-state index is 0.185. The number of methoxy groups -OCH3 is 2. The van der Waals surface area contributed by atoms with E-state index in [9.17, 15) is 8.42 Å². The summed E-state index contributed by atoms with van der Waals surface area (Å²) in [6.45, 7) is 1.50. The van der Waals surface area contributed by atoms with Crippen molar-refractivity contribution in [2.45, 2.75) is 11.3 Å². The van der Waals surface area contributed by atoms with Crippen LogP contribution in [0.4, 0.5) is 11.4 Å². The molecule has 0 atom stereocenters. The van der Waals surface area contributed by atoms with Gasteiger partial charge in [0.1, 0.15) is 5.75 Å². The summed E-state index contributed by atoms with van der Waals surface area (Å²) in [5, 5.41) is 3.24. The van der Waals surface area contributed by atoms with Gasteiger partial charge in [0.25, 0.3) is 10.0 Å². The highest BCUT2D eigenvalue weighted by molar-refractivity contribution is 7.92. The van der Waals surface area contributed by atoms with E-state index in [-0.39, 0.29) is 4.90 Å². The number of nitrogens with one attached hydrogen (secondary N) is 2. The Morgan fingerprint density at radius 3 is 2.12 bits per heavy atom. The zero-order chi connectivity index (χ0) is 17.4. The third-order valence-electron chi connectivity index (χ3n) is 3.36. The van der Waals surface area contributed by atoms with Crippen molar-refractivity contribution in [1.82, 2.24) is 0 Å². The highest BCUT2D eigenvalue weighted by Gasteiger charge is 2.14. The van der Waals surface area contributed by atoms with Crippen molar-refractivity contribution in [3.63, 3.8) is 0 Å². The number of anilines is 2. The van der Waals surface area contributed by atoms with Crippen LogP contribution < -0.4 is 14.8 Å². The van der Waals surface area contributed by atoms with Gasteiger partial charge in [-0.15, -0.1) is 0 Å². The third-order valence-corrected chi connectivity index (χ3v) is 4.76. The molecule has 2 aromatic rings. The summed E-state index contributed by atoms with van der Waals surface area (Å²) in [6.07, 6.45) is 0.905. The second-order valence-electron chi connectivity index (χ2n) is 5.13. The van der Waals surface area contributed by atoms with Crippen molar-refractivity contribution in [1.29, 1.82) is 0 Å². The molecule has 0 bridgehead atoms. The lowest BCUT2D eigenvalue weighted by molar-refractivity contribution is 0.198. The molecule has 24 heavy (non-hydrogen) atoms. The molecular formula is C17H22N2O4S. The van der Waals surface area contributed by atoms with E-state index in [4.69, 9.17) is 9.47 Å². The molecule has 0 aromatic heterocycles. The van der Waals surface area contributed by atoms with E-state index >= 15 is 0 Å². The zero-order valence-electron chi connectivity index (χ0n) is 13.8. The average Bonchev–Trinajstić information content (AvgIpc) is 2.60. The first-order valence-corrected chi connectivity index (χ1v) is 9.03. The van der Waals surface area contributed by atoms with Crippen LogP contribution in [0.3, 0.4) is 0 Å². The number of sulfonamides is 1. The summed E-state index contributed by atoms with van der Waals surface area (Å²) in [5.74, 6) is 0.609. The van der Waals surface area contributed by atoms with E-state index < -0.39 is 10.0 Å². The molecule has 0 aliphatic rings. The Labute approximate surface area is 142 Å². The van der Waals surface area contributed by atoms with Crippen molar-refractivity contribution in [2.75, 3.05) is 37.4 Å². The monoisotopic (exact) mass is 350 g/mol. The Kier molecular flexibility index (Phi) is 6.45. The Hall–Kier alpha value is -2.25. The van der Waals surface area contributed by atoms with Gasteiger partial charge in [-0.1, -0.05) is 0 Å². The summed E-state index contributed by atoms with van der Waals surface area (Å²) in [4.78, 5) is 0.185. The molecular weight excluding hydrogens is 328 g/mol. The smallest absolute Gasteiger partial charge is 0.261 e. The average molecular weight is 350 g/mol. The normalized spacial score (nSPS) is 11.1. The van der Waals surface area contributed by atoms with Gasteiger partial charge in [-0.2, -0.15) is 0 Å². The molecule has 0 radical (unpaired) electrons. The molecule has 0 unspecified atom stereocenters. The van der Waals surface area contributed by atoms with Crippen molar-refractivity contribution < 1.29 is 17.9 Å². The molecule has 2 aromatic carbocycles. The van der Waals surface area contributed by atoms with E-state index in [1.54, 1.807) is 31.4 Å². The van der Waals surface area contributed by atoms with E-state index in [1.807, 2.05) is 12.1 Å². The van der Waals surface area contributed by atoms with Gasteiger partial charge in [-0.25, -0.2) is 8.42 Å². The first-order chi connectivity index (χ1) is 11.5. The summed E-state index contributed by atoms with van der Waals surface area (Å²) in [6, 6.07) is 13.3. The molecule has 0 amide bonds. The number of rotatable bonds is 9. The van der Waals surface area contributed by atoms with E-state index in [2.05, 4.69) is 10.0 Å². The topological polar surface area (TPSA) is 76.7 Å². The van der Waals surface area contributed by atoms with Gasteiger partial charge in [0, 0.05) is 31.6 Å². The maximum absolute atomic E-state index is 12.3. The molecule has 130 valence electrons. The summed E-state index contributed by atoms with van der Waals surface area (Å²) in [5.41, 5.74) is 1.44. The second-order valence-corrected chi connectivity index (χ2v) is 6.81. The van der Waals surface area contributed by atoms with Crippen LogP contribution in [-0.2, 0) is 14.8 Å². The maximum Gasteiger partial charge on any atom is 0.261 e. The van der Waals surface area contributed by atoms with Crippen molar-refractivity contribution in [2.24, 2.45) is 0 Å². The standard InChI is InChI=1S/C17H22N2O4S/c1-22-13-3-12-18-14-4-6-15(7-5-14)19-24(20,21)17-10-8-16(23-2)9-11-17/h4-11,18-19H,3,12-13H2,1-2H3. The summed E-state index contributed by atoms with van der Waals surface area (Å²) >= 11 is 0. The molecule has 0 heterocycles. The van der Waals surface area contributed by atoms with Gasteiger partial charge in [-0.05, 0) is 55.0 Å². The second kappa shape index (κ2) is 8.56. The third kappa shape index (κ3) is 5.14. The van der Waals surface area contributed by atoms with Crippen LogP contribution in [-0.4, -0.2) is 35.8 Å². The fourth-order valence-corrected chi connectivity index (χ4v) is 3.13. The van der Waals surface area contributed by atoms with Crippen molar-refractivity contribution >= 4 is 21.4 Å². The van der Waals surface area contributed by atoms with Crippen LogP contribution in [0.15, 0.2) is 53.4 Å². The Morgan fingerprint density at radius 1 is 0.917 bits per heavy atom.